The highest BCUT2D eigenvalue weighted by atomic mass is 16.5. The van der Waals surface area contributed by atoms with Crippen molar-refractivity contribution in [3.8, 4) is 0 Å². The number of piperidine rings is 1. The highest BCUT2D eigenvalue weighted by molar-refractivity contribution is 5.80. The number of pyridine rings is 1. The summed E-state index contributed by atoms with van der Waals surface area (Å²) in [6, 6.07) is 4.52. The van der Waals surface area contributed by atoms with E-state index in [9.17, 15) is 0 Å². The second-order valence-electron chi connectivity index (χ2n) is 6.22. The molecule has 134 valence electrons. The monoisotopic (exact) mass is 333 g/mol. The van der Waals surface area contributed by atoms with Gasteiger partial charge in [0.05, 0.1) is 18.8 Å². The molecule has 24 heavy (non-hydrogen) atoms. The summed E-state index contributed by atoms with van der Waals surface area (Å²) < 4.78 is 5.16. The van der Waals surface area contributed by atoms with Crippen LogP contribution < -0.4 is 10.6 Å². The zero-order valence-corrected chi connectivity index (χ0v) is 15.2. The van der Waals surface area contributed by atoms with E-state index in [2.05, 4.69) is 40.4 Å². The smallest absolute Gasteiger partial charge is 0.191 e. The van der Waals surface area contributed by atoms with Crippen molar-refractivity contribution in [2.45, 2.75) is 39.3 Å². The number of hydrogen-bond donors (Lipinski definition) is 2. The minimum Gasteiger partial charge on any atom is -0.383 e. The van der Waals surface area contributed by atoms with E-state index in [1.165, 1.54) is 5.56 Å². The Labute approximate surface area is 145 Å². The third kappa shape index (κ3) is 6.09. The first-order valence-corrected chi connectivity index (χ1v) is 8.89. The molecule has 0 aliphatic carbocycles. The minimum atomic E-state index is 0.478. The molecule has 0 atom stereocenters. The molecule has 1 aromatic heterocycles. The lowest BCUT2D eigenvalue weighted by Gasteiger charge is -2.32. The minimum absolute atomic E-state index is 0.478. The fourth-order valence-electron chi connectivity index (χ4n) is 2.87. The van der Waals surface area contributed by atoms with Gasteiger partial charge in [0.1, 0.15) is 0 Å². The Balaban J connectivity index is 1.85. The second kappa shape index (κ2) is 10.3. The fourth-order valence-corrected chi connectivity index (χ4v) is 2.87. The number of methoxy groups -OCH3 is 1. The normalized spacial score (nSPS) is 17.0. The van der Waals surface area contributed by atoms with Crippen molar-refractivity contribution in [2.24, 2.45) is 4.99 Å². The highest BCUT2D eigenvalue weighted by Crippen LogP contribution is 2.10. The maximum atomic E-state index is 5.16. The lowest BCUT2D eigenvalue weighted by Crippen LogP contribution is -2.49. The van der Waals surface area contributed by atoms with Gasteiger partial charge < -0.3 is 20.3 Å². The molecule has 0 unspecified atom stereocenters. The number of rotatable bonds is 7. The van der Waals surface area contributed by atoms with Gasteiger partial charge in [-0.1, -0.05) is 6.07 Å². The topological polar surface area (TPSA) is 61.8 Å². The van der Waals surface area contributed by atoms with Crippen LogP contribution in [0, 0.1) is 6.92 Å². The van der Waals surface area contributed by atoms with E-state index in [0.717, 1.165) is 57.3 Å². The predicted molar refractivity (Wildman–Crippen MR) is 98.3 cm³/mol. The summed E-state index contributed by atoms with van der Waals surface area (Å²) >= 11 is 0. The van der Waals surface area contributed by atoms with E-state index in [-0.39, 0.29) is 0 Å². The molecule has 1 aromatic rings. The molecule has 2 N–H and O–H groups in total. The SMILES string of the molecule is CCNC(=NCc1ncccc1C)NC1CCN(CCOC)CC1. The molecule has 6 heteroatoms. The molecule has 0 amide bonds. The van der Waals surface area contributed by atoms with Crippen LogP contribution in [0.5, 0.6) is 0 Å². The van der Waals surface area contributed by atoms with E-state index in [1.807, 2.05) is 12.3 Å². The van der Waals surface area contributed by atoms with Crippen molar-refractivity contribution in [3.05, 3.63) is 29.6 Å². The Morgan fingerprint density at radius 1 is 1.42 bits per heavy atom. The van der Waals surface area contributed by atoms with Crippen molar-refractivity contribution >= 4 is 5.96 Å². The highest BCUT2D eigenvalue weighted by Gasteiger charge is 2.19. The first kappa shape index (κ1) is 18.7. The van der Waals surface area contributed by atoms with Gasteiger partial charge in [0.2, 0.25) is 0 Å². The summed E-state index contributed by atoms with van der Waals surface area (Å²) in [5.74, 6) is 0.887. The van der Waals surface area contributed by atoms with Crippen LogP contribution in [0.25, 0.3) is 0 Å². The zero-order valence-electron chi connectivity index (χ0n) is 15.2. The molecule has 6 nitrogen and oxygen atoms in total. The van der Waals surface area contributed by atoms with Crippen molar-refractivity contribution in [1.82, 2.24) is 20.5 Å². The zero-order chi connectivity index (χ0) is 17.2. The maximum Gasteiger partial charge on any atom is 0.191 e. The number of likely N-dealkylation sites (tertiary alicyclic amines) is 1. The summed E-state index contributed by atoms with van der Waals surface area (Å²) in [5, 5.41) is 6.92. The van der Waals surface area contributed by atoms with Gasteiger partial charge in [0.15, 0.2) is 5.96 Å². The number of aromatic nitrogens is 1. The van der Waals surface area contributed by atoms with Crippen molar-refractivity contribution in [2.75, 3.05) is 39.9 Å². The third-order valence-corrected chi connectivity index (χ3v) is 4.39. The quantitative estimate of drug-likeness (QED) is 0.586. The summed E-state index contributed by atoms with van der Waals surface area (Å²) in [4.78, 5) is 11.6. The Hall–Kier alpha value is -1.66. The summed E-state index contributed by atoms with van der Waals surface area (Å²) in [5.41, 5.74) is 2.22. The van der Waals surface area contributed by atoms with Crippen LogP contribution in [0.2, 0.25) is 0 Å². The van der Waals surface area contributed by atoms with Gasteiger partial charge in [0, 0.05) is 45.5 Å². The molecule has 1 saturated heterocycles. The molecule has 1 aliphatic heterocycles. The lowest BCUT2D eigenvalue weighted by molar-refractivity contribution is 0.128. The number of hydrogen-bond acceptors (Lipinski definition) is 4. The molecule has 0 spiro atoms. The Kier molecular flexibility index (Phi) is 7.98. The molecule has 1 fully saturated rings. The molecule has 2 heterocycles. The number of aliphatic imine (C=N–C) groups is 1. The number of nitrogens with zero attached hydrogens (tertiary/aromatic N) is 3. The van der Waals surface area contributed by atoms with Crippen LogP contribution in [0.1, 0.15) is 31.0 Å². The Morgan fingerprint density at radius 2 is 2.21 bits per heavy atom. The van der Waals surface area contributed by atoms with Crippen molar-refractivity contribution in [3.63, 3.8) is 0 Å². The van der Waals surface area contributed by atoms with E-state index in [4.69, 9.17) is 9.73 Å². The number of guanidine groups is 1. The van der Waals surface area contributed by atoms with Gasteiger partial charge in [-0.15, -0.1) is 0 Å². The maximum absolute atomic E-state index is 5.16. The number of ether oxygens (including phenoxy) is 1. The van der Waals surface area contributed by atoms with Gasteiger partial charge in [-0.25, -0.2) is 4.99 Å². The first-order chi connectivity index (χ1) is 11.7. The Bertz CT molecular complexity index is 512. The summed E-state index contributed by atoms with van der Waals surface area (Å²) in [7, 11) is 1.76. The van der Waals surface area contributed by atoms with Crippen LogP contribution in [0.3, 0.4) is 0 Å². The standard InChI is InChI=1S/C18H31N5O/c1-4-19-18(21-14-17-15(2)6-5-9-20-17)22-16-7-10-23(11-8-16)12-13-24-3/h5-6,9,16H,4,7-8,10-14H2,1-3H3,(H2,19,21,22). The van der Waals surface area contributed by atoms with E-state index in [0.29, 0.717) is 12.6 Å². The number of nitrogens with one attached hydrogen (secondary N) is 2. The van der Waals surface area contributed by atoms with Gasteiger partial charge in [-0.3, -0.25) is 4.98 Å². The van der Waals surface area contributed by atoms with Gasteiger partial charge in [-0.05, 0) is 38.3 Å². The van der Waals surface area contributed by atoms with Crippen LogP contribution in [0.4, 0.5) is 0 Å². The molecular formula is C18H31N5O. The lowest BCUT2D eigenvalue weighted by atomic mass is 10.1. The molecule has 0 bridgehead atoms. The fraction of sp³-hybridized carbons (Fsp3) is 0.667. The van der Waals surface area contributed by atoms with Crippen molar-refractivity contribution < 1.29 is 4.74 Å². The van der Waals surface area contributed by atoms with Crippen molar-refractivity contribution in [1.29, 1.82) is 0 Å². The average Bonchev–Trinajstić information content (AvgIpc) is 2.60. The Morgan fingerprint density at radius 3 is 2.88 bits per heavy atom. The van der Waals surface area contributed by atoms with Crippen LogP contribution in [0.15, 0.2) is 23.3 Å². The van der Waals surface area contributed by atoms with E-state index >= 15 is 0 Å². The summed E-state index contributed by atoms with van der Waals surface area (Å²) in [6.45, 7) is 9.69. The molecule has 0 radical (unpaired) electrons. The third-order valence-electron chi connectivity index (χ3n) is 4.39. The predicted octanol–water partition coefficient (Wildman–Crippen LogP) is 1.56. The van der Waals surface area contributed by atoms with E-state index in [1.54, 1.807) is 7.11 Å². The molecule has 2 rings (SSSR count). The average molecular weight is 333 g/mol. The first-order valence-electron chi connectivity index (χ1n) is 8.89. The molecular weight excluding hydrogens is 302 g/mol. The molecule has 0 aromatic carbocycles. The van der Waals surface area contributed by atoms with Gasteiger partial charge in [-0.2, -0.15) is 0 Å². The summed E-state index contributed by atoms with van der Waals surface area (Å²) in [6.07, 6.45) is 4.10. The molecule has 0 saturated carbocycles. The van der Waals surface area contributed by atoms with Crippen LogP contribution in [-0.2, 0) is 11.3 Å². The second-order valence-corrected chi connectivity index (χ2v) is 6.22. The number of aryl methyl sites for hydroxylation is 1. The van der Waals surface area contributed by atoms with E-state index < -0.39 is 0 Å². The molecule has 1 aliphatic rings. The van der Waals surface area contributed by atoms with Gasteiger partial charge >= 0.3 is 0 Å². The van der Waals surface area contributed by atoms with Crippen LogP contribution >= 0.6 is 0 Å². The van der Waals surface area contributed by atoms with Gasteiger partial charge in [0.25, 0.3) is 0 Å². The largest absolute Gasteiger partial charge is 0.383 e. The van der Waals surface area contributed by atoms with Crippen LogP contribution in [-0.4, -0.2) is 61.8 Å².